The summed E-state index contributed by atoms with van der Waals surface area (Å²) in [5, 5.41) is 9.42. The van der Waals surface area contributed by atoms with Crippen molar-refractivity contribution in [1.29, 1.82) is 5.26 Å². The minimum Gasteiger partial charge on any atom is -0.364 e. The Bertz CT molecular complexity index is 1510. The predicted molar refractivity (Wildman–Crippen MR) is 139 cm³/mol. The molecule has 0 N–H and O–H groups in total. The van der Waals surface area contributed by atoms with Crippen molar-refractivity contribution < 1.29 is 4.39 Å². The minimum atomic E-state index is -0.240. The molecule has 6 nitrogen and oxygen atoms in total. The third-order valence-corrected chi connectivity index (χ3v) is 7.17. The average molecular weight is 482 g/mol. The predicted octanol–water partition coefficient (Wildman–Crippen LogP) is 4.63. The lowest BCUT2D eigenvalue weighted by molar-refractivity contribution is 0.128. The van der Waals surface area contributed by atoms with Gasteiger partial charge in [-0.1, -0.05) is 48.5 Å². The molecule has 0 amide bonds. The van der Waals surface area contributed by atoms with Gasteiger partial charge in [-0.3, -0.25) is 9.69 Å². The second-order valence-electron chi connectivity index (χ2n) is 9.48. The zero-order valence-electron chi connectivity index (χ0n) is 20.6. The lowest BCUT2D eigenvalue weighted by Crippen LogP contribution is -2.57. The van der Waals surface area contributed by atoms with Gasteiger partial charge < -0.3 is 9.47 Å². The lowest BCUT2D eigenvalue weighted by Gasteiger charge is -2.48. The Morgan fingerprint density at radius 2 is 1.72 bits per heavy atom. The van der Waals surface area contributed by atoms with Crippen LogP contribution in [0.4, 0.5) is 10.1 Å². The van der Waals surface area contributed by atoms with Crippen molar-refractivity contribution in [2.24, 2.45) is 7.05 Å². The van der Waals surface area contributed by atoms with Gasteiger partial charge in [-0.25, -0.2) is 9.37 Å². The maximum absolute atomic E-state index is 15.1. The Morgan fingerprint density at radius 3 is 2.44 bits per heavy atom. The Morgan fingerprint density at radius 1 is 1.00 bits per heavy atom. The first-order valence-corrected chi connectivity index (χ1v) is 12.1. The highest BCUT2D eigenvalue weighted by atomic mass is 19.1. The highest BCUT2D eigenvalue weighted by Gasteiger charge is 2.36. The molecule has 0 radical (unpaired) electrons. The summed E-state index contributed by atoms with van der Waals surface area (Å²) in [5.74, 6) is -0.223. The first-order chi connectivity index (χ1) is 17.4. The van der Waals surface area contributed by atoms with Crippen LogP contribution in [-0.4, -0.2) is 39.6 Å². The fourth-order valence-electron chi connectivity index (χ4n) is 5.32. The molecule has 2 aromatic heterocycles. The van der Waals surface area contributed by atoms with Gasteiger partial charge in [0.15, 0.2) is 0 Å². The highest BCUT2D eigenvalue weighted by molar-refractivity contribution is 5.89. The quantitative estimate of drug-likeness (QED) is 0.425. The number of pyridine rings is 2. The van der Waals surface area contributed by atoms with Crippen LogP contribution in [0.5, 0.6) is 0 Å². The third kappa shape index (κ3) is 4.14. The van der Waals surface area contributed by atoms with Crippen LogP contribution in [0.1, 0.15) is 36.7 Å². The van der Waals surface area contributed by atoms with E-state index >= 15 is 4.39 Å². The molecule has 1 saturated heterocycles. The molecule has 182 valence electrons. The average Bonchev–Trinajstić information content (AvgIpc) is 2.89. The fraction of sp³-hybridized carbons (Fsp3) is 0.276. The van der Waals surface area contributed by atoms with Crippen molar-refractivity contribution in [2.75, 3.05) is 18.0 Å². The van der Waals surface area contributed by atoms with Gasteiger partial charge in [-0.05, 0) is 37.6 Å². The van der Waals surface area contributed by atoms with Gasteiger partial charge in [-0.2, -0.15) is 5.26 Å². The molecule has 4 aromatic rings. The molecule has 3 heterocycles. The van der Waals surface area contributed by atoms with Crippen molar-refractivity contribution in [1.82, 2.24) is 14.5 Å². The van der Waals surface area contributed by atoms with Crippen LogP contribution >= 0.6 is 0 Å². The van der Waals surface area contributed by atoms with Crippen molar-refractivity contribution >= 4 is 16.7 Å². The van der Waals surface area contributed by atoms with E-state index in [1.54, 1.807) is 35.9 Å². The second-order valence-corrected chi connectivity index (χ2v) is 9.48. The second kappa shape index (κ2) is 9.56. The van der Waals surface area contributed by atoms with Crippen LogP contribution < -0.4 is 10.5 Å². The summed E-state index contributed by atoms with van der Waals surface area (Å²) in [7, 11) is 1.71. The Labute approximate surface area is 209 Å². The summed E-state index contributed by atoms with van der Waals surface area (Å²) < 4.78 is 16.6. The first kappa shape index (κ1) is 23.7. The summed E-state index contributed by atoms with van der Waals surface area (Å²) in [6.45, 7) is 5.52. The van der Waals surface area contributed by atoms with Gasteiger partial charge in [-0.15, -0.1) is 0 Å². The zero-order chi connectivity index (χ0) is 25.4. The Balaban J connectivity index is 1.57. The molecule has 7 heteroatoms. The number of rotatable bonds is 4. The summed E-state index contributed by atoms with van der Waals surface area (Å²) in [4.78, 5) is 21.9. The smallest absolute Gasteiger partial charge is 0.252 e. The Kier molecular flexibility index (Phi) is 6.29. The minimum absolute atomic E-state index is 0.0158. The van der Waals surface area contributed by atoms with Crippen LogP contribution in [0.3, 0.4) is 0 Å². The number of nitriles is 1. The molecule has 1 aliphatic heterocycles. The number of fused-ring (bicyclic) bond motifs is 1. The van der Waals surface area contributed by atoms with E-state index in [1.165, 1.54) is 6.07 Å². The molecule has 36 heavy (non-hydrogen) atoms. The van der Waals surface area contributed by atoms with E-state index in [0.717, 1.165) is 11.3 Å². The molecule has 1 aliphatic rings. The monoisotopic (exact) mass is 481 g/mol. The van der Waals surface area contributed by atoms with Crippen molar-refractivity contribution in [3.63, 3.8) is 0 Å². The summed E-state index contributed by atoms with van der Waals surface area (Å²) in [5.41, 5.74) is 3.92. The third-order valence-electron chi connectivity index (χ3n) is 7.17. The van der Waals surface area contributed by atoms with Crippen LogP contribution in [0.2, 0.25) is 0 Å². The highest BCUT2D eigenvalue weighted by Crippen LogP contribution is 2.36. The normalized spacial score (nSPS) is 19.2. The van der Waals surface area contributed by atoms with E-state index in [2.05, 4.69) is 34.7 Å². The van der Waals surface area contributed by atoms with E-state index < -0.39 is 0 Å². The number of aromatic nitrogens is 2. The van der Waals surface area contributed by atoms with Crippen LogP contribution in [-0.2, 0) is 7.05 Å². The molecule has 0 aliphatic carbocycles. The van der Waals surface area contributed by atoms with Crippen LogP contribution in [0.15, 0.2) is 77.6 Å². The number of halogens is 1. The van der Waals surface area contributed by atoms with E-state index in [4.69, 9.17) is 0 Å². The number of hydrogen-bond acceptors (Lipinski definition) is 5. The number of hydrogen-bond donors (Lipinski definition) is 0. The van der Waals surface area contributed by atoms with Crippen LogP contribution in [0, 0.1) is 17.1 Å². The molecule has 5 rings (SSSR count). The van der Waals surface area contributed by atoms with Gasteiger partial charge >= 0.3 is 0 Å². The zero-order valence-corrected chi connectivity index (χ0v) is 20.6. The molecular weight excluding hydrogens is 453 g/mol. The number of nitrogens with zero attached hydrogens (tertiary/aromatic N) is 5. The summed E-state index contributed by atoms with van der Waals surface area (Å²) in [6.07, 6.45) is 0. The summed E-state index contributed by atoms with van der Waals surface area (Å²) >= 11 is 0. The number of anilines is 1. The van der Waals surface area contributed by atoms with Gasteiger partial charge in [0.25, 0.3) is 5.56 Å². The van der Waals surface area contributed by atoms with E-state index in [1.807, 2.05) is 42.5 Å². The van der Waals surface area contributed by atoms with Crippen molar-refractivity contribution in [3.8, 4) is 6.07 Å². The largest absolute Gasteiger partial charge is 0.364 e. The standard InChI is InChI=1S/C29H28FN5O/c1-19-18-35(29(21-9-5-4-6-10-21)23-11-7-8-12-24(23)30)20(2)17-34(19)26-15-27(36)33(3)25-14-13-22(16-31)32-28(25)26/h4-15,19-20,29H,17-18H2,1-3H3/t19-,20+,29?/m0/s1. The Hall–Kier alpha value is -4.02. The molecule has 0 bridgehead atoms. The molecule has 1 unspecified atom stereocenters. The molecule has 0 saturated carbocycles. The molecule has 1 fully saturated rings. The fourth-order valence-corrected chi connectivity index (χ4v) is 5.32. The number of aryl methyl sites for hydroxylation is 1. The van der Waals surface area contributed by atoms with Gasteiger partial charge in [0.2, 0.25) is 0 Å². The van der Waals surface area contributed by atoms with Gasteiger partial charge in [0.05, 0.1) is 17.2 Å². The van der Waals surface area contributed by atoms with Gasteiger partial charge in [0.1, 0.15) is 23.1 Å². The maximum Gasteiger partial charge on any atom is 0.252 e. The van der Waals surface area contributed by atoms with E-state index in [0.29, 0.717) is 35.4 Å². The van der Waals surface area contributed by atoms with Crippen molar-refractivity contribution in [3.05, 3.63) is 106 Å². The maximum atomic E-state index is 15.1. The summed E-state index contributed by atoms with van der Waals surface area (Å²) in [6, 6.07) is 23.9. The molecule has 2 aromatic carbocycles. The molecular formula is C29H28FN5O. The van der Waals surface area contributed by atoms with Crippen molar-refractivity contribution in [2.45, 2.75) is 32.0 Å². The van der Waals surface area contributed by atoms with Gasteiger partial charge in [0, 0.05) is 43.9 Å². The molecule has 3 atom stereocenters. The number of piperazine rings is 1. The van der Waals surface area contributed by atoms with E-state index in [-0.39, 0.29) is 29.5 Å². The molecule has 0 spiro atoms. The SMILES string of the molecule is C[C@@H]1CN(c2cc(=O)n(C)c3ccc(C#N)nc23)[C@@H](C)CN1C(c1ccccc1)c1ccccc1F. The van der Waals surface area contributed by atoms with E-state index in [9.17, 15) is 10.1 Å². The number of benzene rings is 2. The topological polar surface area (TPSA) is 65.2 Å². The lowest BCUT2D eigenvalue weighted by atomic mass is 9.93. The first-order valence-electron chi connectivity index (χ1n) is 12.1. The van der Waals surface area contributed by atoms with Crippen LogP contribution in [0.25, 0.3) is 11.0 Å².